The van der Waals surface area contributed by atoms with Crippen LogP contribution >= 0.6 is 0 Å². The van der Waals surface area contributed by atoms with E-state index in [2.05, 4.69) is 5.32 Å². The van der Waals surface area contributed by atoms with Gasteiger partial charge >= 0.3 is 0 Å². The summed E-state index contributed by atoms with van der Waals surface area (Å²) in [5.41, 5.74) is 0.406. The van der Waals surface area contributed by atoms with Crippen molar-refractivity contribution in [2.75, 3.05) is 6.54 Å². The molecule has 1 amide bonds. The van der Waals surface area contributed by atoms with E-state index in [0.717, 1.165) is 30.1 Å². The van der Waals surface area contributed by atoms with Crippen molar-refractivity contribution in [3.63, 3.8) is 0 Å². The van der Waals surface area contributed by atoms with Gasteiger partial charge in [-0.25, -0.2) is 0 Å². The van der Waals surface area contributed by atoms with E-state index in [4.69, 9.17) is 4.42 Å². The molecular weight excluding hydrogens is 262 g/mol. The maximum absolute atomic E-state index is 12.0. The summed E-state index contributed by atoms with van der Waals surface area (Å²) in [5.74, 6) is 3.53. The first kappa shape index (κ1) is 13.2. The van der Waals surface area contributed by atoms with Crippen LogP contribution in [-0.4, -0.2) is 12.5 Å². The van der Waals surface area contributed by atoms with Crippen molar-refractivity contribution in [1.82, 2.24) is 5.32 Å². The molecule has 1 N–H and O–H groups in total. The minimum absolute atomic E-state index is 0.00199. The van der Waals surface area contributed by atoms with E-state index in [1.54, 1.807) is 18.4 Å². The molecule has 4 bridgehead atoms. The van der Waals surface area contributed by atoms with Crippen molar-refractivity contribution in [3.05, 3.63) is 30.2 Å². The monoisotopic (exact) mass is 285 g/mol. The van der Waals surface area contributed by atoms with Crippen LogP contribution in [0.1, 0.15) is 44.3 Å². The van der Waals surface area contributed by atoms with E-state index in [0.29, 0.717) is 5.41 Å². The number of nitrogens with one attached hydrogen (secondary N) is 1. The molecule has 112 valence electrons. The van der Waals surface area contributed by atoms with Crippen molar-refractivity contribution >= 4 is 12.0 Å². The Balaban J connectivity index is 1.35. The fourth-order valence-electron chi connectivity index (χ4n) is 5.38. The molecule has 0 spiro atoms. The Labute approximate surface area is 125 Å². The molecule has 0 atom stereocenters. The third-order valence-corrected chi connectivity index (χ3v) is 5.74. The van der Waals surface area contributed by atoms with Gasteiger partial charge in [0, 0.05) is 12.6 Å². The lowest BCUT2D eigenvalue weighted by atomic mass is 9.49. The van der Waals surface area contributed by atoms with Crippen LogP contribution in [0.5, 0.6) is 0 Å². The van der Waals surface area contributed by atoms with E-state index in [-0.39, 0.29) is 5.91 Å². The van der Waals surface area contributed by atoms with Crippen molar-refractivity contribution < 1.29 is 9.21 Å². The highest BCUT2D eigenvalue weighted by atomic mass is 16.3. The van der Waals surface area contributed by atoms with Crippen molar-refractivity contribution in [2.24, 2.45) is 23.2 Å². The normalized spacial score (nSPS) is 37.2. The molecule has 5 rings (SSSR count). The van der Waals surface area contributed by atoms with Crippen LogP contribution in [0.4, 0.5) is 0 Å². The number of carbonyl (C=O) groups excluding carboxylic acids is 1. The zero-order chi connectivity index (χ0) is 14.3. The van der Waals surface area contributed by atoms with E-state index in [1.807, 2.05) is 12.1 Å². The molecular formula is C18H23NO2. The standard InChI is InChI=1S/C18H23NO2/c20-17(4-3-16-2-1-5-21-16)19-12-18-9-13-6-14(10-18)8-15(7-13)11-18/h1-5,13-15H,6-12H2,(H,19,20)/b4-3+. The highest BCUT2D eigenvalue weighted by molar-refractivity contribution is 5.91. The minimum Gasteiger partial charge on any atom is -0.465 e. The Morgan fingerprint density at radius 2 is 1.90 bits per heavy atom. The van der Waals surface area contributed by atoms with Gasteiger partial charge in [0.1, 0.15) is 5.76 Å². The first-order chi connectivity index (χ1) is 10.2. The van der Waals surface area contributed by atoms with E-state index < -0.39 is 0 Å². The largest absolute Gasteiger partial charge is 0.465 e. The second-order valence-electron chi connectivity index (χ2n) is 7.48. The summed E-state index contributed by atoms with van der Waals surface area (Å²) < 4.78 is 5.20. The quantitative estimate of drug-likeness (QED) is 0.858. The average Bonchev–Trinajstić information content (AvgIpc) is 2.95. The van der Waals surface area contributed by atoms with Crippen LogP contribution < -0.4 is 5.32 Å². The van der Waals surface area contributed by atoms with Gasteiger partial charge in [-0.15, -0.1) is 0 Å². The maximum Gasteiger partial charge on any atom is 0.244 e. The summed E-state index contributed by atoms with van der Waals surface area (Å²) in [5, 5.41) is 3.13. The van der Waals surface area contributed by atoms with Crippen molar-refractivity contribution in [2.45, 2.75) is 38.5 Å². The van der Waals surface area contributed by atoms with Gasteiger partial charge in [0.2, 0.25) is 5.91 Å². The van der Waals surface area contributed by atoms with Crippen LogP contribution in [0.3, 0.4) is 0 Å². The van der Waals surface area contributed by atoms with Gasteiger partial charge in [-0.05, 0) is 79.9 Å². The van der Waals surface area contributed by atoms with E-state index in [1.165, 1.54) is 38.5 Å². The Hall–Kier alpha value is -1.51. The second kappa shape index (κ2) is 5.04. The third-order valence-electron chi connectivity index (χ3n) is 5.74. The molecule has 1 aromatic rings. The molecule has 0 unspecified atom stereocenters. The predicted molar refractivity (Wildman–Crippen MR) is 81.4 cm³/mol. The maximum atomic E-state index is 12.0. The fourth-order valence-corrected chi connectivity index (χ4v) is 5.38. The van der Waals surface area contributed by atoms with Crippen molar-refractivity contribution in [1.29, 1.82) is 0 Å². The number of rotatable bonds is 4. The summed E-state index contributed by atoms with van der Waals surface area (Å²) in [6, 6.07) is 3.68. The molecule has 0 saturated heterocycles. The highest BCUT2D eigenvalue weighted by Crippen LogP contribution is 2.59. The van der Waals surface area contributed by atoms with Crippen LogP contribution in [0, 0.1) is 23.2 Å². The molecule has 0 aromatic carbocycles. The number of furan rings is 1. The summed E-state index contributed by atoms with van der Waals surface area (Å²) in [6.45, 7) is 0.859. The smallest absolute Gasteiger partial charge is 0.244 e. The minimum atomic E-state index is 0.00199. The van der Waals surface area contributed by atoms with Gasteiger partial charge in [0.25, 0.3) is 0 Å². The lowest BCUT2D eigenvalue weighted by molar-refractivity contribution is -0.118. The van der Waals surface area contributed by atoms with Crippen LogP contribution in [0.15, 0.2) is 28.9 Å². The molecule has 4 saturated carbocycles. The summed E-state index contributed by atoms with van der Waals surface area (Å²) in [7, 11) is 0. The van der Waals surface area contributed by atoms with Gasteiger partial charge in [-0.3, -0.25) is 4.79 Å². The fraction of sp³-hybridized carbons (Fsp3) is 0.611. The molecule has 4 aliphatic carbocycles. The molecule has 1 aromatic heterocycles. The van der Waals surface area contributed by atoms with Gasteiger partial charge in [0.15, 0.2) is 0 Å². The molecule has 3 heteroatoms. The van der Waals surface area contributed by atoms with E-state index in [9.17, 15) is 4.79 Å². The Kier molecular flexibility index (Phi) is 3.16. The number of hydrogen-bond acceptors (Lipinski definition) is 2. The molecule has 0 radical (unpaired) electrons. The second-order valence-corrected chi connectivity index (χ2v) is 7.48. The molecule has 1 heterocycles. The van der Waals surface area contributed by atoms with E-state index >= 15 is 0 Å². The molecule has 4 aliphatic rings. The molecule has 3 nitrogen and oxygen atoms in total. The lowest BCUT2D eigenvalue weighted by Gasteiger charge is -2.56. The average molecular weight is 285 g/mol. The molecule has 21 heavy (non-hydrogen) atoms. The van der Waals surface area contributed by atoms with Crippen LogP contribution in [0.2, 0.25) is 0 Å². The van der Waals surface area contributed by atoms with Gasteiger partial charge in [-0.1, -0.05) is 0 Å². The first-order valence-electron chi connectivity index (χ1n) is 8.20. The highest BCUT2D eigenvalue weighted by Gasteiger charge is 2.50. The van der Waals surface area contributed by atoms with Crippen LogP contribution in [-0.2, 0) is 4.79 Å². The Bertz CT molecular complexity index is 508. The predicted octanol–water partition coefficient (Wildman–Crippen LogP) is 3.63. The van der Waals surface area contributed by atoms with Gasteiger partial charge in [-0.2, -0.15) is 0 Å². The van der Waals surface area contributed by atoms with Crippen LogP contribution in [0.25, 0.3) is 6.08 Å². The topological polar surface area (TPSA) is 42.2 Å². The number of hydrogen-bond donors (Lipinski definition) is 1. The summed E-state index contributed by atoms with van der Waals surface area (Å²) in [6.07, 6.45) is 13.3. The Morgan fingerprint density at radius 3 is 2.48 bits per heavy atom. The number of amides is 1. The Morgan fingerprint density at radius 1 is 1.24 bits per heavy atom. The third kappa shape index (κ3) is 2.66. The van der Waals surface area contributed by atoms with Gasteiger partial charge < -0.3 is 9.73 Å². The van der Waals surface area contributed by atoms with Crippen molar-refractivity contribution in [3.8, 4) is 0 Å². The number of carbonyl (C=O) groups is 1. The first-order valence-corrected chi connectivity index (χ1v) is 8.20. The van der Waals surface area contributed by atoms with Gasteiger partial charge in [0.05, 0.1) is 6.26 Å². The zero-order valence-corrected chi connectivity index (χ0v) is 12.4. The lowest BCUT2D eigenvalue weighted by Crippen LogP contribution is -2.51. The summed E-state index contributed by atoms with van der Waals surface area (Å²) >= 11 is 0. The molecule has 0 aliphatic heterocycles. The molecule has 4 fully saturated rings. The summed E-state index contributed by atoms with van der Waals surface area (Å²) in [4.78, 5) is 12.0. The SMILES string of the molecule is O=C(/C=C/c1ccco1)NCC12CC3CC(CC(C3)C1)C2. The zero-order valence-electron chi connectivity index (χ0n) is 12.4.